The van der Waals surface area contributed by atoms with Crippen LogP contribution >= 0.6 is 23.1 Å². The summed E-state index contributed by atoms with van der Waals surface area (Å²) in [6.07, 6.45) is 3.25. The molecule has 104 valence electrons. The maximum atomic E-state index is 12.4. The van der Waals surface area contributed by atoms with Crippen LogP contribution in [0.1, 0.15) is 25.0 Å². The van der Waals surface area contributed by atoms with Gasteiger partial charge in [0.15, 0.2) is 5.13 Å². The fraction of sp³-hybridized carbons (Fsp3) is 0.692. The lowest BCUT2D eigenvalue weighted by Gasteiger charge is -2.37. The van der Waals surface area contributed by atoms with E-state index in [0.29, 0.717) is 17.3 Å². The largest absolute Gasteiger partial charge is 0.375 e. The summed E-state index contributed by atoms with van der Waals surface area (Å²) in [5, 5.41) is 2.42. The van der Waals surface area contributed by atoms with E-state index in [1.165, 1.54) is 11.3 Å². The average molecular weight is 298 g/mol. The SMILES string of the molecule is Nc1nc(CC(=O)C2CCOC3(CCSC3)C2)cs1. The van der Waals surface area contributed by atoms with Gasteiger partial charge < -0.3 is 10.5 Å². The van der Waals surface area contributed by atoms with Gasteiger partial charge >= 0.3 is 0 Å². The fourth-order valence-electron chi connectivity index (χ4n) is 2.89. The molecule has 0 aromatic carbocycles. The first-order valence-corrected chi connectivity index (χ1v) is 8.65. The topological polar surface area (TPSA) is 65.2 Å². The molecule has 1 aromatic rings. The summed E-state index contributed by atoms with van der Waals surface area (Å²) < 4.78 is 5.95. The van der Waals surface area contributed by atoms with Crippen LogP contribution in [-0.2, 0) is 16.0 Å². The van der Waals surface area contributed by atoms with Crippen LogP contribution in [0, 0.1) is 5.92 Å². The van der Waals surface area contributed by atoms with Gasteiger partial charge in [-0.25, -0.2) is 4.98 Å². The van der Waals surface area contributed by atoms with Gasteiger partial charge in [-0.05, 0) is 25.0 Å². The zero-order valence-electron chi connectivity index (χ0n) is 10.8. The number of ketones is 1. The Morgan fingerprint density at radius 3 is 3.21 bits per heavy atom. The van der Waals surface area contributed by atoms with E-state index in [0.717, 1.165) is 43.1 Å². The number of nitrogens with zero attached hydrogens (tertiary/aromatic N) is 1. The molecule has 1 aromatic heterocycles. The predicted molar refractivity (Wildman–Crippen MR) is 78.6 cm³/mol. The van der Waals surface area contributed by atoms with Crippen LogP contribution in [0.3, 0.4) is 0 Å². The molecule has 3 heterocycles. The minimum Gasteiger partial charge on any atom is -0.375 e. The molecule has 0 radical (unpaired) electrons. The molecule has 2 aliphatic rings. The lowest BCUT2D eigenvalue weighted by atomic mass is 9.82. The Bertz CT molecular complexity index is 469. The number of hydrogen-bond donors (Lipinski definition) is 1. The Labute approximate surface area is 121 Å². The number of anilines is 1. The van der Waals surface area contributed by atoms with Gasteiger partial charge in [0, 0.05) is 30.1 Å². The van der Waals surface area contributed by atoms with E-state index < -0.39 is 0 Å². The summed E-state index contributed by atoms with van der Waals surface area (Å²) in [6.45, 7) is 0.718. The number of Topliss-reactive ketones (excluding diaryl/α,β-unsaturated/α-hetero) is 1. The lowest BCUT2D eigenvalue weighted by Crippen LogP contribution is -2.42. The fourth-order valence-corrected chi connectivity index (χ4v) is 4.83. The molecule has 0 saturated carbocycles. The second kappa shape index (κ2) is 5.42. The van der Waals surface area contributed by atoms with Gasteiger partial charge in [0.05, 0.1) is 11.3 Å². The van der Waals surface area contributed by atoms with Crippen molar-refractivity contribution in [2.24, 2.45) is 5.92 Å². The molecule has 6 heteroatoms. The summed E-state index contributed by atoms with van der Waals surface area (Å²) in [7, 11) is 0. The molecule has 2 unspecified atom stereocenters. The van der Waals surface area contributed by atoms with Crippen LogP contribution < -0.4 is 5.73 Å². The maximum absolute atomic E-state index is 12.4. The van der Waals surface area contributed by atoms with Crippen molar-refractivity contribution < 1.29 is 9.53 Å². The number of thiazole rings is 1. The molecule has 3 rings (SSSR count). The van der Waals surface area contributed by atoms with Crippen molar-refractivity contribution in [3.05, 3.63) is 11.1 Å². The first kappa shape index (κ1) is 13.4. The van der Waals surface area contributed by atoms with Crippen LogP contribution in [-0.4, -0.2) is 34.5 Å². The van der Waals surface area contributed by atoms with Crippen molar-refractivity contribution in [3.8, 4) is 0 Å². The predicted octanol–water partition coefficient (Wildman–Crippen LogP) is 2.14. The van der Waals surface area contributed by atoms with Crippen LogP contribution in [0.2, 0.25) is 0 Å². The van der Waals surface area contributed by atoms with E-state index >= 15 is 0 Å². The Kier molecular flexibility index (Phi) is 3.82. The van der Waals surface area contributed by atoms with Gasteiger partial charge in [0.1, 0.15) is 5.78 Å². The number of aromatic nitrogens is 1. The van der Waals surface area contributed by atoms with Crippen LogP contribution in [0.5, 0.6) is 0 Å². The third-order valence-corrected chi connectivity index (χ3v) is 5.89. The molecule has 2 N–H and O–H groups in total. The monoisotopic (exact) mass is 298 g/mol. The van der Waals surface area contributed by atoms with Gasteiger partial charge in [0.25, 0.3) is 0 Å². The number of carbonyl (C=O) groups is 1. The smallest absolute Gasteiger partial charge is 0.180 e. The quantitative estimate of drug-likeness (QED) is 0.926. The maximum Gasteiger partial charge on any atom is 0.180 e. The second-order valence-electron chi connectivity index (χ2n) is 5.34. The summed E-state index contributed by atoms with van der Waals surface area (Å²) in [5.41, 5.74) is 6.39. The van der Waals surface area contributed by atoms with E-state index in [9.17, 15) is 4.79 Å². The van der Waals surface area contributed by atoms with Gasteiger partial charge in [0.2, 0.25) is 0 Å². The number of carbonyl (C=O) groups excluding carboxylic acids is 1. The Hall–Kier alpha value is -0.590. The highest BCUT2D eigenvalue weighted by atomic mass is 32.2. The third kappa shape index (κ3) is 2.95. The molecular formula is C13H18N2O2S2. The van der Waals surface area contributed by atoms with Crippen molar-refractivity contribution in [3.63, 3.8) is 0 Å². The molecule has 19 heavy (non-hydrogen) atoms. The van der Waals surface area contributed by atoms with Crippen molar-refractivity contribution in [1.29, 1.82) is 0 Å². The standard InChI is InChI=1S/C13H18N2O2S2/c14-12-15-10(7-19-12)5-11(16)9-1-3-17-13(6-9)2-4-18-8-13/h7,9H,1-6,8H2,(H2,14,15). The Morgan fingerprint density at radius 2 is 2.53 bits per heavy atom. The van der Waals surface area contributed by atoms with Crippen molar-refractivity contribution in [2.45, 2.75) is 31.3 Å². The van der Waals surface area contributed by atoms with Crippen molar-refractivity contribution >= 4 is 34.0 Å². The van der Waals surface area contributed by atoms with E-state index in [1.54, 1.807) is 0 Å². The number of thioether (sulfide) groups is 1. The normalized spacial score (nSPS) is 30.8. The first-order valence-electron chi connectivity index (χ1n) is 6.61. The lowest BCUT2D eigenvalue weighted by molar-refractivity contribution is -0.133. The highest BCUT2D eigenvalue weighted by molar-refractivity contribution is 7.99. The van der Waals surface area contributed by atoms with E-state index in [4.69, 9.17) is 10.5 Å². The minimum absolute atomic E-state index is 0.0235. The molecule has 1 spiro atoms. The van der Waals surface area contributed by atoms with Crippen molar-refractivity contribution in [1.82, 2.24) is 4.98 Å². The van der Waals surface area contributed by atoms with Crippen LogP contribution in [0.4, 0.5) is 5.13 Å². The summed E-state index contributed by atoms with van der Waals surface area (Å²) >= 11 is 3.34. The Morgan fingerprint density at radius 1 is 1.63 bits per heavy atom. The molecule has 2 fully saturated rings. The minimum atomic E-state index is -0.0235. The van der Waals surface area contributed by atoms with E-state index in [2.05, 4.69) is 4.98 Å². The summed E-state index contributed by atoms with van der Waals surface area (Å²) in [6, 6.07) is 0. The highest BCUT2D eigenvalue weighted by Crippen LogP contribution is 2.40. The number of ether oxygens (including phenoxy) is 1. The first-order chi connectivity index (χ1) is 9.17. The molecule has 2 saturated heterocycles. The summed E-state index contributed by atoms with van der Waals surface area (Å²) in [5.74, 6) is 2.63. The van der Waals surface area contributed by atoms with Crippen molar-refractivity contribution in [2.75, 3.05) is 23.8 Å². The highest BCUT2D eigenvalue weighted by Gasteiger charge is 2.42. The molecule has 2 aliphatic heterocycles. The number of nitrogens with two attached hydrogens (primary N) is 1. The van der Waals surface area contributed by atoms with Gasteiger partial charge in [-0.3, -0.25) is 4.79 Å². The summed E-state index contributed by atoms with van der Waals surface area (Å²) in [4.78, 5) is 16.6. The van der Waals surface area contributed by atoms with Crippen LogP contribution in [0.15, 0.2) is 5.38 Å². The second-order valence-corrected chi connectivity index (χ2v) is 7.34. The van der Waals surface area contributed by atoms with E-state index in [1.807, 2.05) is 17.1 Å². The van der Waals surface area contributed by atoms with E-state index in [-0.39, 0.29) is 11.5 Å². The number of hydrogen-bond acceptors (Lipinski definition) is 6. The number of nitrogen functional groups attached to an aromatic ring is 1. The van der Waals surface area contributed by atoms with Crippen LogP contribution in [0.25, 0.3) is 0 Å². The molecule has 0 aliphatic carbocycles. The molecular weight excluding hydrogens is 280 g/mol. The molecule has 0 bridgehead atoms. The van der Waals surface area contributed by atoms with Gasteiger partial charge in [-0.2, -0.15) is 11.8 Å². The Balaban J connectivity index is 1.63. The van der Waals surface area contributed by atoms with Gasteiger partial charge in [-0.1, -0.05) is 0 Å². The molecule has 0 amide bonds. The van der Waals surface area contributed by atoms with Gasteiger partial charge in [-0.15, -0.1) is 11.3 Å². The molecule has 2 atom stereocenters. The number of rotatable bonds is 3. The molecule has 4 nitrogen and oxygen atoms in total. The average Bonchev–Trinajstić information content (AvgIpc) is 3.00. The third-order valence-electron chi connectivity index (χ3n) is 3.94. The zero-order chi connectivity index (χ0) is 13.3. The zero-order valence-corrected chi connectivity index (χ0v) is 12.4.